The normalized spacial score (nSPS) is 11.8. The van der Waals surface area contributed by atoms with Gasteiger partial charge in [0.25, 0.3) is 0 Å². The van der Waals surface area contributed by atoms with Gasteiger partial charge in [-0.05, 0) is 55.8 Å². The van der Waals surface area contributed by atoms with Gasteiger partial charge in [0.1, 0.15) is 17.3 Å². The van der Waals surface area contributed by atoms with Crippen LogP contribution in [-0.2, 0) is 27.9 Å². The van der Waals surface area contributed by atoms with Crippen LogP contribution in [0.2, 0.25) is 0 Å². The van der Waals surface area contributed by atoms with Gasteiger partial charge in [-0.1, -0.05) is 12.1 Å². The van der Waals surface area contributed by atoms with E-state index in [1.54, 1.807) is 30.3 Å². The quantitative estimate of drug-likeness (QED) is 0.551. The van der Waals surface area contributed by atoms with Crippen LogP contribution >= 0.6 is 0 Å². The molecule has 0 fully saturated rings. The molecular formula is C21H22N2O5S. The van der Waals surface area contributed by atoms with Crippen molar-refractivity contribution in [1.29, 1.82) is 0 Å². The fraction of sp³-hybridized carbons (Fsp3) is 0.190. The minimum absolute atomic E-state index is 0.0762. The molecule has 2 aromatic heterocycles. The Balaban J connectivity index is 1.55. The van der Waals surface area contributed by atoms with E-state index in [4.69, 9.17) is 8.83 Å². The van der Waals surface area contributed by atoms with E-state index >= 15 is 0 Å². The standard InChI is InChI=1S/C21H22N2O5S/c1-15-12-18(16(2)28-15)13-22-21(24)10-7-17-5-8-20(9-6-17)29(25,26)23-14-19-4-3-11-27-19/h3-12,23H,13-14H2,1-2H3,(H,22,24)/b10-7+. The van der Waals surface area contributed by atoms with E-state index < -0.39 is 10.0 Å². The van der Waals surface area contributed by atoms with Gasteiger partial charge in [0, 0.05) is 18.2 Å². The zero-order chi connectivity index (χ0) is 20.9. The SMILES string of the molecule is Cc1cc(CNC(=O)/C=C/c2ccc(S(=O)(=O)NCc3ccco3)cc2)c(C)o1. The summed E-state index contributed by atoms with van der Waals surface area (Å²) >= 11 is 0. The molecule has 0 radical (unpaired) electrons. The number of hydrogen-bond acceptors (Lipinski definition) is 5. The first kappa shape index (κ1) is 20.6. The minimum atomic E-state index is -3.65. The first-order valence-electron chi connectivity index (χ1n) is 8.97. The molecule has 0 saturated carbocycles. The topological polar surface area (TPSA) is 102 Å². The molecule has 2 heterocycles. The number of carbonyl (C=O) groups is 1. The second-order valence-electron chi connectivity index (χ2n) is 6.46. The third-order valence-corrected chi connectivity index (χ3v) is 5.65. The van der Waals surface area contributed by atoms with E-state index in [0.717, 1.165) is 17.1 Å². The van der Waals surface area contributed by atoms with Gasteiger partial charge in [-0.15, -0.1) is 0 Å². The summed E-state index contributed by atoms with van der Waals surface area (Å²) in [5, 5.41) is 2.79. The van der Waals surface area contributed by atoms with Gasteiger partial charge in [0.2, 0.25) is 15.9 Å². The van der Waals surface area contributed by atoms with E-state index in [1.807, 2.05) is 19.9 Å². The molecule has 0 aliphatic heterocycles. The highest BCUT2D eigenvalue weighted by Gasteiger charge is 2.14. The van der Waals surface area contributed by atoms with Gasteiger partial charge in [-0.25, -0.2) is 13.1 Å². The molecule has 0 unspecified atom stereocenters. The highest BCUT2D eigenvalue weighted by atomic mass is 32.2. The van der Waals surface area contributed by atoms with Crippen LogP contribution in [0.4, 0.5) is 0 Å². The van der Waals surface area contributed by atoms with Gasteiger partial charge in [-0.2, -0.15) is 0 Å². The summed E-state index contributed by atoms with van der Waals surface area (Å²) in [6.45, 7) is 4.16. The van der Waals surface area contributed by atoms with Crippen LogP contribution in [0.15, 0.2) is 68.5 Å². The summed E-state index contributed by atoms with van der Waals surface area (Å²) in [5.74, 6) is 1.86. The van der Waals surface area contributed by atoms with Gasteiger partial charge >= 0.3 is 0 Å². The molecule has 2 N–H and O–H groups in total. The van der Waals surface area contributed by atoms with Crippen molar-refractivity contribution >= 4 is 22.0 Å². The number of carbonyl (C=O) groups excluding carboxylic acids is 1. The van der Waals surface area contributed by atoms with Crippen molar-refractivity contribution in [3.8, 4) is 0 Å². The molecule has 8 heteroatoms. The van der Waals surface area contributed by atoms with Crippen molar-refractivity contribution in [2.45, 2.75) is 31.8 Å². The summed E-state index contributed by atoms with van der Waals surface area (Å²) in [7, 11) is -3.65. The highest BCUT2D eigenvalue weighted by Crippen LogP contribution is 2.14. The van der Waals surface area contributed by atoms with Crippen molar-refractivity contribution in [2.75, 3.05) is 0 Å². The van der Waals surface area contributed by atoms with E-state index in [2.05, 4.69) is 10.0 Å². The monoisotopic (exact) mass is 414 g/mol. The van der Waals surface area contributed by atoms with Crippen LogP contribution in [0.5, 0.6) is 0 Å². The lowest BCUT2D eigenvalue weighted by Gasteiger charge is -2.05. The highest BCUT2D eigenvalue weighted by molar-refractivity contribution is 7.89. The maximum Gasteiger partial charge on any atom is 0.244 e. The van der Waals surface area contributed by atoms with E-state index in [9.17, 15) is 13.2 Å². The number of amides is 1. The van der Waals surface area contributed by atoms with Crippen molar-refractivity contribution in [3.63, 3.8) is 0 Å². The van der Waals surface area contributed by atoms with Gasteiger partial charge in [0.15, 0.2) is 0 Å². The van der Waals surface area contributed by atoms with Crippen LogP contribution in [0, 0.1) is 13.8 Å². The lowest BCUT2D eigenvalue weighted by Crippen LogP contribution is -2.22. The van der Waals surface area contributed by atoms with Gasteiger partial charge in [-0.3, -0.25) is 4.79 Å². The largest absolute Gasteiger partial charge is 0.468 e. The smallest absolute Gasteiger partial charge is 0.244 e. The first-order chi connectivity index (χ1) is 13.8. The minimum Gasteiger partial charge on any atom is -0.468 e. The summed E-state index contributed by atoms with van der Waals surface area (Å²) in [5.41, 5.74) is 1.64. The Labute approximate surface area is 169 Å². The van der Waals surface area contributed by atoms with Gasteiger partial charge in [0.05, 0.1) is 17.7 Å². The van der Waals surface area contributed by atoms with Crippen LogP contribution in [0.3, 0.4) is 0 Å². The van der Waals surface area contributed by atoms with Crippen LogP contribution in [-0.4, -0.2) is 14.3 Å². The average molecular weight is 414 g/mol. The van der Waals surface area contributed by atoms with Crippen molar-refractivity contribution < 1.29 is 22.0 Å². The number of sulfonamides is 1. The third kappa shape index (κ3) is 5.69. The van der Waals surface area contributed by atoms with Crippen LogP contribution < -0.4 is 10.0 Å². The summed E-state index contributed by atoms with van der Waals surface area (Å²) in [4.78, 5) is 12.1. The second-order valence-corrected chi connectivity index (χ2v) is 8.23. The summed E-state index contributed by atoms with van der Waals surface area (Å²) < 4.78 is 37.6. The average Bonchev–Trinajstić information content (AvgIpc) is 3.32. The molecule has 7 nitrogen and oxygen atoms in total. The molecule has 1 amide bonds. The lowest BCUT2D eigenvalue weighted by molar-refractivity contribution is -0.116. The Bertz CT molecular complexity index is 1090. The molecular weight excluding hydrogens is 392 g/mol. The molecule has 29 heavy (non-hydrogen) atoms. The molecule has 0 aliphatic rings. The molecule has 3 rings (SSSR count). The Morgan fingerprint density at radius 3 is 2.48 bits per heavy atom. The Morgan fingerprint density at radius 1 is 1.10 bits per heavy atom. The Morgan fingerprint density at radius 2 is 1.86 bits per heavy atom. The van der Waals surface area contributed by atoms with Crippen LogP contribution in [0.25, 0.3) is 6.08 Å². The predicted octanol–water partition coefficient (Wildman–Crippen LogP) is 3.30. The van der Waals surface area contributed by atoms with Crippen molar-refractivity contribution in [1.82, 2.24) is 10.0 Å². The summed E-state index contributed by atoms with van der Waals surface area (Å²) in [6, 6.07) is 11.5. The summed E-state index contributed by atoms with van der Waals surface area (Å²) in [6.07, 6.45) is 4.51. The second kappa shape index (κ2) is 8.93. The molecule has 3 aromatic rings. The maximum absolute atomic E-state index is 12.3. The molecule has 0 spiro atoms. The van der Waals surface area contributed by atoms with Crippen LogP contribution in [0.1, 0.15) is 28.4 Å². The zero-order valence-corrected chi connectivity index (χ0v) is 17.0. The number of furan rings is 2. The van der Waals surface area contributed by atoms with E-state index in [0.29, 0.717) is 17.9 Å². The Kier molecular flexibility index (Phi) is 6.36. The van der Waals surface area contributed by atoms with Crippen molar-refractivity contribution in [2.24, 2.45) is 0 Å². The van der Waals surface area contributed by atoms with Crippen molar-refractivity contribution in [3.05, 3.63) is 83.2 Å². The van der Waals surface area contributed by atoms with E-state index in [1.165, 1.54) is 24.5 Å². The number of rotatable bonds is 8. The third-order valence-electron chi connectivity index (χ3n) is 4.23. The number of benzene rings is 1. The lowest BCUT2D eigenvalue weighted by atomic mass is 10.2. The predicted molar refractivity (Wildman–Crippen MR) is 108 cm³/mol. The molecule has 0 bridgehead atoms. The molecule has 152 valence electrons. The molecule has 0 aliphatic carbocycles. The number of aryl methyl sites for hydroxylation is 2. The fourth-order valence-corrected chi connectivity index (χ4v) is 3.69. The van der Waals surface area contributed by atoms with Gasteiger partial charge < -0.3 is 14.2 Å². The maximum atomic E-state index is 12.3. The molecule has 0 saturated heterocycles. The zero-order valence-electron chi connectivity index (χ0n) is 16.1. The Hall–Kier alpha value is -3.10. The molecule has 0 atom stereocenters. The van der Waals surface area contributed by atoms with E-state index in [-0.39, 0.29) is 17.3 Å². The molecule has 1 aromatic carbocycles. The first-order valence-corrected chi connectivity index (χ1v) is 10.5. The number of hydrogen-bond donors (Lipinski definition) is 2. The number of nitrogens with one attached hydrogen (secondary N) is 2. The fourth-order valence-electron chi connectivity index (χ4n) is 2.69.